The molecule has 0 unspecified atom stereocenters. The van der Waals surface area contributed by atoms with E-state index in [0.29, 0.717) is 5.69 Å². The fourth-order valence-electron chi connectivity index (χ4n) is 3.04. The number of hydrogen-bond donors (Lipinski definition) is 1. The van der Waals surface area contributed by atoms with E-state index < -0.39 is 9.84 Å². The molecule has 6 nitrogen and oxygen atoms in total. The Morgan fingerprint density at radius 2 is 2.08 bits per heavy atom. The molecule has 0 bridgehead atoms. The first kappa shape index (κ1) is 18.1. The van der Waals surface area contributed by atoms with Crippen LogP contribution in [0.4, 0.5) is 0 Å². The molecule has 0 fully saturated rings. The van der Waals surface area contributed by atoms with E-state index in [1.54, 1.807) is 0 Å². The molecule has 0 atom stereocenters. The largest absolute Gasteiger partial charge is 0.350 e. The SMILES string of the molecule is CS(=O)(=O)CCNC(=O)c1nn(-c2cccc(Br)c2)c2c1CCCC2. The summed E-state index contributed by atoms with van der Waals surface area (Å²) in [5.41, 5.74) is 3.35. The number of hydrogen-bond acceptors (Lipinski definition) is 4. The summed E-state index contributed by atoms with van der Waals surface area (Å²) in [7, 11) is -3.11. The number of carbonyl (C=O) groups is 1. The van der Waals surface area contributed by atoms with Gasteiger partial charge >= 0.3 is 0 Å². The summed E-state index contributed by atoms with van der Waals surface area (Å²) in [5, 5.41) is 7.23. The van der Waals surface area contributed by atoms with E-state index >= 15 is 0 Å². The van der Waals surface area contributed by atoms with Crippen LogP contribution < -0.4 is 5.32 Å². The van der Waals surface area contributed by atoms with Crippen LogP contribution in [0.25, 0.3) is 5.69 Å². The number of nitrogens with zero attached hydrogens (tertiary/aromatic N) is 2. The first-order valence-electron chi connectivity index (χ1n) is 8.18. The molecular formula is C17H20BrN3O3S. The number of aromatic nitrogens is 2. The van der Waals surface area contributed by atoms with Gasteiger partial charge in [-0.1, -0.05) is 22.0 Å². The maximum atomic E-state index is 12.5. The Morgan fingerprint density at radius 1 is 1.32 bits per heavy atom. The fourth-order valence-corrected chi connectivity index (χ4v) is 3.90. The van der Waals surface area contributed by atoms with E-state index in [1.165, 1.54) is 0 Å². The van der Waals surface area contributed by atoms with Crippen molar-refractivity contribution >= 4 is 31.7 Å². The number of benzene rings is 1. The van der Waals surface area contributed by atoms with Crippen LogP contribution in [0.3, 0.4) is 0 Å². The minimum atomic E-state index is -3.11. The predicted molar refractivity (Wildman–Crippen MR) is 100.0 cm³/mol. The lowest BCUT2D eigenvalue weighted by atomic mass is 9.95. The molecule has 2 aromatic rings. The molecular weight excluding hydrogens is 406 g/mol. The number of rotatable bonds is 5. The zero-order valence-electron chi connectivity index (χ0n) is 14.0. The molecule has 0 saturated heterocycles. The van der Waals surface area contributed by atoms with E-state index in [0.717, 1.165) is 53.4 Å². The number of fused-ring (bicyclic) bond motifs is 1. The van der Waals surface area contributed by atoms with Gasteiger partial charge in [0, 0.05) is 28.5 Å². The van der Waals surface area contributed by atoms with Crippen molar-refractivity contribution in [2.24, 2.45) is 0 Å². The van der Waals surface area contributed by atoms with Crippen LogP contribution in [-0.4, -0.2) is 42.7 Å². The Kier molecular flexibility index (Phi) is 5.29. The van der Waals surface area contributed by atoms with Crippen LogP contribution in [0.5, 0.6) is 0 Å². The van der Waals surface area contributed by atoms with Gasteiger partial charge < -0.3 is 5.32 Å². The topological polar surface area (TPSA) is 81.1 Å². The van der Waals surface area contributed by atoms with Gasteiger partial charge in [-0.05, 0) is 43.9 Å². The van der Waals surface area contributed by atoms with Gasteiger partial charge in [0.15, 0.2) is 5.69 Å². The molecule has 8 heteroatoms. The van der Waals surface area contributed by atoms with Gasteiger partial charge in [0.25, 0.3) is 5.91 Å². The molecule has 3 rings (SSSR count). The van der Waals surface area contributed by atoms with Crippen LogP contribution >= 0.6 is 15.9 Å². The van der Waals surface area contributed by atoms with Crippen LogP contribution in [0.15, 0.2) is 28.7 Å². The second-order valence-electron chi connectivity index (χ2n) is 6.26. The molecule has 0 radical (unpaired) electrons. The van der Waals surface area contributed by atoms with Crippen LogP contribution in [0, 0.1) is 0 Å². The zero-order chi connectivity index (χ0) is 18.0. The summed E-state index contributed by atoms with van der Waals surface area (Å²) in [6.45, 7) is 0.0934. The summed E-state index contributed by atoms with van der Waals surface area (Å²) in [4.78, 5) is 12.5. The van der Waals surface area contributed by atoms with E-state index in [9.17, 15) is 13.2 Å². The highest BCUT2D eigenvalue weighted by molar-refractivity contribution is 9.10. The molecule has 134 valence electrons. The van der Waals surface area contributed by atoms with E-state index in [1.807, 2.05) is 28.9 Å². The standard InChI is InChI=1S/C17H20BrN3O3S/c1-25(23,24)10-9-19-17(22)16-14-7-2-3-8-15(14)21(20-16)13-6-4-5-12(18)11-13/h4-6,11H,2-3,7-10H2,1H3,(H,19,22). The van der Waals surface area contributed by atoms with Crippen LogP contribution in [0.2, 0.25) is 0 Å². The fraction of sp³-hybridized carbons (Fsp3) is 0.412. The van der Waals surface area contributed by atoms with E-state index in [4.69, 9.17) is 0 Å². The van der Waals surface area contributed by atoms with Crippen molar-refractivity contribution in [1.29, 1.82) is 0 Å². The maximum absolute atomic E-state index is 12.5. The van der Waals surface area contributed by atoms with Gasteiger partial charge in [0.2, 0.25) is 0 Å². The lowest BCUT2D eigenvalue weighted by Gasteiger charge is -2.14. The van der Waals surface area contributed by atoms with Crippen molar-refractivity contribution in [2.45, 2.75) is 25.7 Å². The number of sulfone groups is 1. The summed E-state index contributed by atoms with van der Waals surface area (Å²) >= 11 is 3.47. The normalized spacial score (nSPS) is 14.2. The Labute approximate surface area is 155 Å². The Balaban J connectivity index is 1.91. The number of nitrogens with one attached hydrogen (secondary N) is 1. The van der Waals surface area contributed by atoms with Crippen molar-refractivity contribution in [3.8, 4) is 5.69 Å². The third-order valence-electron chi connectivity index (χ3n) is 4.21. The number of amides is 1. The number of carbonyl (C=O) groups excluding carboxylic acids is 1. The molecule has 1 heterocycles. The summed E-state index contributed by atoms with van der Waals surface area (Å²) in [6.07, 6.45) is 4.95. The van der Waals surface area contributed by atoms with Gasteiger partial charge in [0.05, 0.1) is 11.4 Å². The molecule has 1 aliphatic rings. The Morgan fingerprint density at radius 3 is 2.80 bits per heavy atom. The second-order valence-corrected chi connectivity index (χ2v) is 9.43. The molecule has 1 aromatic carbocycles. The summed E-state index contributed by atoms with van der Waals surface area (Å²) in [6, 6.07) is 7.80. The van der Waals surface area contributed by atoms with E-state index in [2.05, 4.69) is 26.3 Å². The molecule has 1 aliphatic carbocycles. The molecule has 1 N–H and O–H groups in total. The third-order valence-corrected chi connectivity index (χ3v) is 5.65. The molecule has 1 aromatic heterocycles. The Bertz CT molecular complexity index is 906. The monoisotopic (exact) mass is 425 g/mol. The third kappa shape index (κ3) is 4.30. The van der Waals surface area contributed by atoms with Crippen molar-refractivity contribution in [1.82, 2.24) is 15.1 Å². The predicted octanol–water partition coefficient (Wildman–Crippen LogP) is 2.29. The van der Waals surface area contributed by atoms with Gasteiger partial charge in [0.1, 0.15) is 9.84 Å². The van der Waals surface area contributed by atoms with Gasteiger partial charge in [-0.15, -0.1) is 0 Å². The summed E-state index contributed by atoms with van der Waals surface area (Å²) in [5.74, 6) is -0.386. The molecule has 0 spiro atoms. The van der Waals surface area contributed by atoms with Crippen LogP contribution in [-0.2, 0) is 22.7 Å². The van der Waals surface area contributed by atoms with Gasteiger partial charge in [-0.3, -0.25) is 4.79 Å². The average Bonchev–Trinajstić information content (AvgIpc) is 2.93. The molecule has 0 saturated carbocycles. The van der Waals surface area contributed by atoms with Crippen molar-refractivity contribution in [3.63, 3.8) is 0 Å². The van der Waals surface area contributed by atoms with Crippen LogP contribution in [0.1, 0.15) is 34.6 Å². The maximum Gasteiger partial charge on any atom is 0.272 e. The number of halogens is 1. The zero-order valence-corrected chi connectivity index (χ0v) is 16.4. The quantitative estimate of drug-likeness (QED) is 0.796. The molecule has 25 heavy (non-hydrogen) atoms. The van der Waals surface area contributed by atoms with Crippen molar-refractivity contribution < 1.29 is 13.2 Å². The highest BCUT2D eigenvalue weighted by Gasteiger charge is 2.25. The second kappa shape index (κ2) is 7.29. The Hall–Kier alpha value is -1.67. The van der Waals surface area contributed by atoms with E-state index in [-0.39, 0.29) is 18.2 Å². The first-order valence-corrected chi connectivity index (χ1v) is 11.0. The van der Waals surface area contributed by atoms with Gasteiger partial charge in [-0.25, -0.2) is 13.1 Å². The average molecular weight is 426 g/mol. The lowest BCUT2D eigenvalue weighted by molar-refractivity contribution is 0.0949. The lowest BCUT2D eigenvalue weighted by Crippen LogP contribution is -2.30. The minimum absolute atomic E-state index is 0.0761. The highest BCUT2D eigenvalue weighted by atomic mass is 79.9. The first-order chi connectivity index (χ1) is 11.8. The van der Waals surface area contributed by atoms with Crippen molar-refractivity contribution in [2.75, 3.05) is 18.6 Å². The minimum Gasteiger partial charge on any atom is -0.350 e. The van der Waals surface area contributed by atoms with Crippen molar-refractivity contribution in [3.05, 3.63) is 45.7 Å². The van der Waals surface area contributed by atoms with Gasteiger partial charge in [-0.2, -0.15) is 5.10 Å². The molecule has 1 amide bonds. The molecule has 0 aliphatic heterocycles. The highest BCUT2D eigenvalue weighted by Crippen LogP contribution is 2.27. The summed E-state index contributed by atoms with van der Waals surface area (Å²) < 4.78 is 25.2. The smallest absolute Gasteiger partial charge is 0.272 e.